The standard InChI is InChI=1S/C14H16BrN3S/c1-8-6-9(2)18-14(17-8)19-13-5-4-11(10(3)16)7-12(13)15/h4-7,10H,16H2,1-3H3/t10-/m0/s1. The average molecular weight is 338 g/mol. The van der Waals surface area contributed by atoms with E-state index in [1.54, 1.807) is 11.8 Å². The zero-order chi connectivity index (χ0) is 14.0. The van der Waals surface area contributed by atoms with Crippen LogP contribution in [0.15, 0.2) is 38.8 Å². The summed E-state index contributed by atoms with van der Waals surface area (Å²) in [6, 6.07) is 8.15. The molecule has 100 valence electrons. The van der Waals surface area contributed by atoms with E-state index in [1.165, 1.54) is 0 Å². The summed E-state index contributed by atoms with van der Waals surface area (Å²) in [5.74, 6) is 0. The number of aromatic nitrogens is 2. The van der Waals surface area contributed by atoms with Crippen LogP contribution in [0, 0.1) is 13.8 Å². The number of nitrogens with zero attached hydrogens (tertiary/aromatic N) is 2. The van der Waals surface area contributed by atoms with Gasteiger partial charge < -0.3 is 5.73 Å². The first-order chi connectivity index (χ1) is 8.95. The largest absolute Gasteiger partial charge is 0.324 e. The van der Waals surface area contributed by atoms with E-state index in [0.717, 1.165) is 31.5 Å². The van der Waals surface area contributed by atoms with E-state index in [0.29, 0.717) is 0 Å². The van der Waals surface area contributed by atoms with Crippen molar-refractivity contribution in [3.05, 3.63) is 45.7 Å². The second-order valence-electron chi connectivity index (χ2n) is 4.51. The third kappa shape index (κ3) is 3.78. The number of halogens is 1. The molecule has 0 saturated carbocycles. The van der Waals surface area contributed by atoms with E-state index in [4.69, 9.17) is 5.73 Å². The highest BCUT2D eigenvalue weighted by atomic mass is 79.9. The Labute approximate surface area is 126 Å². The summed E-state index contributed by atoms with van der Waals surface area (Å²) in [6.07, 6.45) is 0. The van der Waals surface area contributed by atoms with Crippen LogP contribution < -0.4 is 5.73 Å². The maximum Gasteiger partial charge on any atom is 0.192 e. The molecule has 0 aliphatic heterocycles. The molecular formula is C14H16BrN3S. The van der Waals surface area contributed by atoms with Crippen molar-refractivity contribution in [2.45, 2.75) is 36.9 Å². The van der Waals surface area contributed by atoms with Gasteiger partial charge in [-0.15, -0.1) is 0 Å². The van der Waals surface area contributed by atoms with Crippen molar-refractivity contribution in [3.8, 4) is 0 Å². The topological polar surface area (TPSA) is 51.8 Å². The molecule has 0 amide bonds. The molecule has 1 atom stereocenters. The summed E-state index contributed by atoms with van der Waals surface area (Å²) in [4.78, 5) is 9.96. The fourth-order valence-corrected chi connectivity index (χ4v) is 3.23. The van der Waals surface area contributed by atoms with E-state index in [1.807, 2.05) is 32.9 Å². The van der Waals surface area contributed by atoms with Gasteiger partial charge in [0.25, 0.3) is 0 Å². The second-order valence-corrected chi connectivity index (χ2v) is 6.38. The van der Waals surface area contributed by atoms with Crippen molar-refractivity contribution in [2.75, 3.05) is 0 Å². The van der Waals surface area contributed by atoms with Crippen molar-refractivity contribution >= 4 is 27.7 Å². The predicted molar refractivity (Wildman–Crippen MR) is 82.4 cm³/mol. The summed E-state index contributed by atoms with van der Waals surface area (Å²) in [5, 5.41) is 0.770. The Bertz CT molecular complexity index is 579. The maximum absolute atomic E-state index is 5.87. The van der Waals surface area contributed by atoms with Crippen LogP contribution in [0.2, 0.25) is 0 Å². The molecule has 0 radical (unpaired) electrons. The first-order valence-corrected chi connectivity index (χ1v) is 7.62. The number of aryl methyl sites for hydroxylation is 2. The van der Waals surface area contributed by atoms with Gasteiger partial charge in [-0.2, -0.15) is 0 Å². The summed E-state index contributed by atoms with van der Waals surface area (Å²) in [5.41, 5.74) is 8.95. The van der Waals surface area contributed by atoms with E-state index in [9.17, 15) is 0 Å². The van der Waals surface area contributed by atoms with Crippen LogP contribution in [0.1, 0.15) is 29.9 Å². The van der Waals surface area contributed by atoms with Gasteiger partial charge in [-0.25, -0.2) is 9.97 Å². The number of hydrogen-bond donors (Lipinski definition) is 1. The molecule has 0 aliphatic rings. The van der Waals surface area contributed by atoms with Crippen LogP contribution >= 0.6 is 27.7 Å². The maximum atomic E-state index is 5.87. The number of nitrogens with two attached hydrogens (primary N) is 1. The zero-order valence-corrected chi connectivity index (χ0v) is 13.5. The lowest BCUT2D eigenvalue weighted by Gasteiger charge is -2.09. The molecule has 0 unspecified atom stereocenters. The molecule has 5 heteroatoms. The highest BCUT2D eigenvalue weighted by molar-refractivity contribution is 9.10. The fourth-order valence-electron chi connectivity index (χ4n) is 1.72. The molecule has 1 aromatic carbocycles. The molecule has 1 heterocycles. The van der Waals surface area contributed by atoms with Crippen LogP contribution in [0.4, 0.5) is 0 Å². The van der Waals surface area contributed by atoms with Gasteiger partial charge in [0.1, 0.15) is 0 Å². The Morgan fingerprint density at radius 3 is 2.32 bits per heavy atom. The van der Waals surface area contributed by atoms with Crippen molar-refractivity contribution in [1.82, 2.24) is 9.97 Å². The molecule has 0 fully saturated rings. The van der Waals surface area contributed by atoms with Crippen LogP contribution in [0.5, 0.6) is 0 Å². The van der Waals surface area contributed by atoms with Crippen LogP contribution in [0.3, 0.4) is 0 Å². The third-order valence-corrected chi connectivity index (χ3v) is 4.50. The lowest BCUT2D eigenvalue weighted by atomic mass is 10.1. The van der Waals surface area contributed by atoms with Gasteiger partial charge in [0, 0.05) is 26.8 Å². The monoisotopic (exact) mass is 337 g/mol. The van der Waals surface area contributed by atoms with Gasteiger partial charge in [0.2, 0.25) is 0 Å². The normalized spacial score (nSPS) is 12.5. The SMILES string of the molecule is Cc1cc(C)nc(Sc2ccc([C@H](C)N)cc2Br)n1. The first-order valence-electron chi connectivity index (χ1n) is 6.01. The van der Waals surface area contributed by atoms with E-state index in [2.05, 4.69) is 38.0 Å². The highest BCUT2D eigenvalue weighted by Gasteiger charge is 2.08. The van der Waals surface area contributed by atoms with Gasteiger partial charge in [0.05, 0.1) is 0 Å². The first kappa shape index (κ1) is 14.5. The third-order valence-electron chi connectivity index (χ3n) is 2.64. The Morgan fingerprint density at radius 2 is 1.79 bits per heavy atom. The van der Waals surface area contributed by atoms with Gasteiger partial charge in [0.15, 0.2) is 5.16 Å². The Kier molecular flexibility index (Phi) is 4.60. The lowest BCUT2D eigenvalue weighted by molar-refractivity contribution is 0.815. The minimum absolute atomic E-state index is 0.0350. The quantitative estimate of drug-likeness (QED) is 0.859. The molecule has 2 aromatic rings. The van der Waals surface area contributed by atoms with Gasteiger partial charge in [-0.1, -0.05) is 6.07 Å². The number of rotatable bonds is 3. The summed E-state index contributed by atoms with van der Waals surface area (Å²) < 4.78 is 1.02. The predicted octanol–water partition coefficient (Wildman–Crippen LogP) is 4.03. The molecule has 0 bridgehead atoms. The number of hydrogen-bond acceptors (Lipinski definition) is 4. The molecule has 0 aliphatic carbocycles. The van der Waals surface area contributed by atoms with E-state index >= 15 is 0 Å². The van der Waals surface area contributed by atoms with Crippen molar-refractivity contribution in [2.24, 2.45) is 5.73 Å². The molecule has 19 heavy (non-hydrogen) atoms. The molecular weight excluding hydrogens is 322 g/mol. The van der Waals surface area contributed by atoms with Gasteiger partial charge in [-0.3, -0.25) is 0 Å². The van der Waals surface area contributed by atoms with E-state index < -0.39 is 0 Å². The van der Waals surface area contributed by atoms with Crippen LogP contribution in [0.25, 0.3) is 0 Å². The summed E-state index contributed by atoms with van der Waals surface area (Å²) >= 11 is 5.13. The smallest absolute Gasteiger partial charge is 0.192 e. The molecule has 0 saturated heterocycles. The van der Waals surface area contributed by atoms with Crippen LogP contribution in [-0.2, 0) is 0 Å². The zero-order valence-electron chi connectivity index (χ0n) is 11.1. The van der Waals surface area contributed by atoms with Gasteiger partial charge in [-0.05, 0) is 72.2 Å². The Hall–Kier alpha value is -0.910. The van der Waals surface area contributed by atoms with Crippen molar-refractivity contribution in [3.63, 3.8) is 0 Å². The Balaban J connectivity index is 2.28. The average Bonchev–Trinajstić information content (AvgIpc) is 2.30. The molecule has 2 rings (SSSR count). The minimum Gasteiger partial charge on any atom is -0.324 e. The van der Waals surface area contributed by atoms with Gasteiger partial charge >= 0.3 is 0 Å². The summed E-state index contributed by atoms with van der Waals surface area (Å²) in [7, 11) is 0. The lowest BCUT2D eigenvalue weighted by Crippen LogP contribution is -2.04. The van der Waals surface area contributed by atoms with Crippen LogP contribution in [-0.4, -0.2) is 9.97 Å². The minimum atomic E-state index is 0.0350. The highest BCUT2D eigenvalue weighted by Crippen LogP contribution is 2.33. The molecule has 0 spiro atoms. The number of benzene rings is 1. The second kappa shape index (κ2) is 6.03. The van der Waals surface area contributed by atoms with Crippen molar-refractivity contribution < 1.29 is 0 Å². The molecule has 1 aromatic heterocycles. The van der Waals surface area contributed by atoms with Crippen molar-refractivity contribution in [1.29, 1.82) is 0 Å². The fraction of sp³-hybridized carbons (Fsp3) is 0.286. The molecule has 3 nitrogen and oxygen atoms in total. The summed E-state index contributed by atoms with van der Waals surface area (Å²) in [6.45, 7) is 5.93. The van der Waals surface area contributed by atoms with E-state index in [-0.39, 0.29) is 6.04 Å². The molecule has 2 N–H and O–H groups in total. The Morgan fingerprint density at radius 1 is 1.16 bits per heavy atom.